The SMILES string of the molecule is CN1C(=CC=Cc2cc[n+](Cc3cccc(OCCCC(=O)On4c(O)ccc4O)c3)c3ccccc23)Sc2cc(-c3ccccc3)ccc21. The monoisotopic (exact) mass is 682 g/mol. The number of aromatic nitrogens is 2. The number of ether oxygens (including phenoxy) is 1. The van der Waals surface area contributed by atoms with Crippen LogP contribution in [0.2, 0.25) is 0 Å². The zero-order valence-electron chi connectivity index (χ0n) is 27.5. The van der Waals surface area contributed by atoms with Crippen LogP contribution in [0.25, 0.3) is 28.1 Å². The van der Waals surface area contributed by atoms with Crippen molar-refractivity contribution in [2.24, 2.45) is 0 Å². The molecule has 2 aromatic heterocycles. The summed E-state index contributed by atoms with van der Waals surface area (Å²) in [4.78, 5) is 20.6. The number of benzene rings is 4. The van der Waals surface area contributed by atoms with Gasteiger partial charge in [0, 0.05) is 41.8 Å². The van der Waals surface area contributed by atoms with E-state index >= 15 is 0 Å². The van der Waals surface area contributed by atoms with Gasteiger partial charge in [0.1, 0.15) is 5.75 Å². The van der Waals surface area contributed by atoms with Crippen LogP contribution in [-0.2, 0) is 11.3 Å². The highest BCUT2D eigenvalue weighted by Crippen LogP contribution is 2.46. The number of allylic oxidation sites excluding steroid dienone is 2. The van der Waals surface area contributed by atoms with Gasteiger partial charge in [-0.1, -0.05) is 84.6 Å². The molecule has 8 nitrogen and oxygen atoms in total. The van der Waals surface area contributed by atoms with Gasteiger partial charge in [-0.05, 0) is 59.5 Å². The lowest BCUT2D eigenvalue weighted by molar-refractivity contribution is -0.662. The van der Waals surface area contributed by atoms with Gasteiger partial charge in [0.05, 0.1) is 29.1 Å². The first-order valence-corrected chi connectivity index (χ1v) is 17.2. The number of thioether (sulfide) groups is 1. The number of aromatic hydroxyl groups is 2. The van der Waals surface area contributed by atoms with E-state index in [1.54, 1.807) is 11.8 Å². The Balaban J connectivity index is 0.987. The number of rotatable bonds is 11. The number of fused-ring (bicyclic) bond motifs is 2. The Morgan fingerprint density at radius 2 is 1.66 bits per heavy atom. The number of carbonyl (C=O) groups is 1. The minimum absolute atomic E-state index is 0.0648. The van der Waals surface area contributed by atoms with Gasteiger partial charge in [0.2, 0.25) is 17.3 Å². The summed E-state index contributed by atoms with van der Waals surface area (Å²) in [7, 11) is 2.12. The molecule has 9 heteroatoms. The smallest absolute Gasteiger partial charge is 0.333 e. The van der Waals surface area contributed by atoms with Crippen molar-refractivity contribution < 1.29 is 29.1 Å². The largest absolute Gasteiger partial charge is 0.494 e. The van der Waals surface area contributed by atoms with Gasteiger partial charge < -0.3 is 24.7 Å². The second-order valence-corrected chi connectivity index (χ2v) is 13.0. The fraction of sp³-hybridized carbons (Fsp3) is 0.122. The first-order chi connectivity index (χ1) is 24.4. The van der Waals surface area contributed by atoms with E-state index in [4.69, 9.17) is 9.57 Å². The third-order valence-corrected chi connectivity index (χ3v) is 9.65. The van der Waals surface area contributed by atoms with Crippen molar-refractivity contribution in [3.63, 3.8) is 0 Å². The van der Waals surface area contributed by atoms with E-state index in [2.05, 4.69) is 120 Å². The van der Waals surface area contributed by atoms with Crippen molar-refractivity contribution in [3.05, 3.63) is 150 Å². The maximum Gasteiger partial charge on any atom is 0.333 e. The lowest BCUT2D eigenvalue weighted by Crippen LogP contribution is -2.34. The molecule has 0 saturated carbocycles. The minimum atomic E-state index is -0.588. The molecule has 1 aliphatic rings. The molecule has 2 N–H and O–H groups in total. The van der Waals surface area contributed by atoms with Crippen molar-refractivity contribution >= 4 is 40.4 Å². The molecule has 0 aliphatic carbocycles. The maximum atomic E-state index is 12.1. The van der Waals surface area contributed by atoms with Crippen LogP contribution in [0, 0.1) is 0 Å². The first-order valence-electron chi connectivity index (χ1n) is 16.4. The summed E-state index contributed by atoms with van der Waals surface area (Å²) in [5.41, 5.74) is 7.01. The molecule has 0 bridgehead atoms. The lowest BCUT2D eigenvalue weighted by Gasteiger charge is -2.13. The number of anilines is 1. The number of hydrogen-bond acceptors (Lipinski definition) is 7. The number of pyridine rings is 1. The van der Waals surface area contributed by atoms with Crippen molar-refractivity contribution in [1.82, 2.24) is 4.73 Å². The van der Waals surface area contributed by atoms with Crippen LogP contribution in [0.3, 0.4) is 0 Å². The molecular weight excluding hydrogens is 647 g/mol. The quantitative estimate of drug-likeness (QED) is 0.106. The highest BCUT2D eigenvalue weighted by Gasteiger charge is 2.22. The molecule has 0 atom stereocenters. The topological polar surface area (TPSA) is 88.0 Å². The van der Waals surface area contributed by atoms with E-state index in [1.165, 1.54) is 38.9 Å². The third kappa shape index (κ3) is 7.23. The zero-order valence-corrected chi connectivity index (χ0v) is 28.3. The van der Waals surface area contributed by atoms with Gasteiger partial charge in [-0.25, -0.2) is 4.79 Å². The van der Waals surface area contributed by atoms with Crippen molar-refractivity contribution in [1.29, 1.82) is 0 Å². The van der Waals surface area contributed by atoms with E-state index in [0.29, 0.717) is 30.1 Å². The van der Waals surface area contributed by atoms with Crippen molar-refractivity contribution in [2.75, 3.05) is 18.6 Å². The molecule has 1 aliphatic heterocycles. The Morgan fingerprint density at radius 1 is 0.860 bits per heavy atom. The summed E-state index contributed by atoms with van der Waals surface area (Å²) >= 11 is 1.79. The molecular formula is C41H36N3O5S+. The van der Waals surface area contributed by atoms with Gasteiger partial charge in [-0.3, -0.25) is 0 Å². The molecule has 0 unspecified atom stereocenters. The molecule has 250 valence electrons. The molecule has 0 fully saturated rings. The number of para-hydroxylation sites is 1. The van der Waals surface area contributed by atoms with E-state index in [-0.39, 0.29) is 18.2 Å². The molecule has 3 heterocycles. The van der Waals surface area contributed by atoms with Crippen molar-refractivity contribution in [2.45, 2.75) is 24.3 Å². The Hall–Kier alpha value is -5.93. The third-order valence-electron chi connectivity index (χ3n) is 8.48. The number of carbonyl (C=O) groups excluding carboxylic acids is 1. The second-order valence-electron chi connectivity index (χ2n) is 11.9. The predicted octanol–water partition coefficient (Wildman–Crippen LogP) is 7.97. The van der Waals surface area contributed by atoms with Crippen LogP contribution in [0.15, 0.2) is 144 Å². The van der Waals surface area contributed by atoms with Gasteiger partial charge >= 0.3 is 5.97 Å². The Kier molecular flexibility index (Phi) is 9.57. The standard InChI is InChI=1S/C41H35N3O5S/c1-42-36-20-19-32(30-11-3-2-4-12-30)27-37(36)50-40(42)17-8-13-31-23-24-43(35-16-6-5-15-34(31)35)28-29-10-7-14-33(26-29)48-25-9-18-41(47)49-44-38(45)21-22-39(44)46/h2-8,10-17,19-24,26-27H,9,18,25,28H2,1H3,(H-,45,46)/p+1. The van der Waals surface area contributed by atoms with E-state index in [0.717, 1.165) is 22.0 Å². The van der Waals surface area contributed by atoms with Crippen LogP contribution in [-0.4, -0.2) is 34.6 Å². The molecule has 4 aromatic carbocycles. The molecule has 0 spiro atoms. The van der Waals surface area contributed by atoms with Crippen LogP contribution >= 0.6 is 11.8 Å². The average Bonchev–Trinajstić information content (AvgIpc) is 3.63. The van der Waals surface area contributed by atoms with Crippen LogP contribution in [0.1, 0.15) is 24.0 Å². The van der Waals surface area contributed by atoms with Gasteiger partial charge in [-0.2, -0.15) is 4.57 Å². The Morgan fingerprint density at radius 3 is 2.50 bits per heavy atom. The molecule has 0 amide bonds. The normalized spacial score (nSPS) is 13.3. The highest BCUT2D eigenvalue weighted by molar-refractivity contribution is 8.03. The van der Waals surface area contributed by atoms with E-state index in [1.807, 2.05) is 24.3 Å². The summed E-state index contributed by atoms with van der Waals surface area (Å²) in [5.74, 6) is -0.582. The Bertz CT molecular complexity index is 2210. The summed E-state index contributed by atoms with van der Waals surface area (Å²) in [6.45, 7) is 0.969. The van der Waals surface area contributed by atoms with Crippen LogP contribution in [0.5, 0.6) is 17.5 Å². The van der Waals surface area contributed by atoms with Gasteiger partial charge in [-0.15, -0.1) is 4.73 Å². The predicted molar refractivity (Wildman–Crippen MR) is 197 cm³/mol. The maximum absolute atomic E-state index is 12.1. The Labute approximate surface area is 294 Å². The van der Waals surface area contributed by atoms with Crippen LogP contribution in [0.4, 0.5) is 5.69 Å². The lowest BCUT2D eigenvalue weighted by atomic mass is 10.1. The van der Waals surface area contributed by atoms with E-state index in [9.17, 15) is 15.0 Å². The fourth-order valence-corrected chi connectivity index (χ4v) is 7.04. The summed E-state index contributed by atoms with van der Waals surface area (Å²) in [5, 5.41) is 21.6. The fourth-order valence-electron chi connectivity index (χ4n) is 5.93. The van der Waals surface area contributed by atoms with Crippen LogP contribution < -0.4 is 19.0 Å². The number of hydrogen-bond donors (Lipinski definition) is 2. The first kappa shape index (κ1) is 32.6. The zero-order chi connectivity index (χ0) is 34.5. The summed E-state index contributed by atoms with van der Waals surface area (Å²) in [6, 6.07) is 38.1. The van der Waals surface area contributed by atoms with Gasteiger partial charge in [0.25, 0.3) is 0 Å². The van der Waals surface area contributed by atoms with Gasteiger partial charge in [0.15, 0.2) is 12.7 Å². The molecule has 50 heavy (non-hydrogen) atoms. The molecule has 0 radical (unpaired) electrons. The summed E-state index contributed by atoms with van der Waals surface area (Å²) < 4.78 is 8.84. The molecule has 0 saturated heterocycles. The second kappa shape index (κ2) is 14.7. The molecule has 7 rings (SSSR count). The minimum Gasteiger partial charge on any atom is -0.494 e. The average molecular weight is 683 g/mol. The van der Waals surface area contributed by atoms with Crippen molar-refractivity contribution in [3.8, 4) is 28.6 Å². The summed E-state index contributed by atoms with van der Waals surface area (Å²) in [6.07, 6.45) is 9.06. The van der Waals surface area contributed by atoms with E-state index < -0.39 is 5.97 Å². The number of nitrogens with zero attached hydrogens (tertiary/aromatic N) is 3. The molecule has 6 aromatic rings. The highest BCUT2D eigenvalue weighted by atomic mass is 32.2.